The fourth-order valence-electron chi connectivity index (χ4n) is 3.25. The Morgan fingerprint density at radius 2 is 2.12 bits per heavy atom. The van der Waals surface area contributed by atoms with E-state index in [-0.39, 0.29) is 11.3 Å². The van der Waals surface area contributed by atoms with Gasteiger partial charge in [0.15, 0.2) is 9.99 Å². The number of rotatable bonds is 6. The number of hydrogen-bond donors (Lipinski definition) is 1. The molecule has 0 aliphatic rings. The van der Waals surface area contributed by atoms with Gasteiger partial charge in [-0.05, 0) is 25.1 Å². The Morgan fingerprint density at radius 3 is 2.84 bits per heavy atom. The topological polar surface area (TPSA) is 81.9 Å². The zero-order valence-electron chi connectivity index (χ0n) is 17.3. The molecule has 0 radical (unpaired) electrons. The fourth-order valence-corrected chi connectivity index (χ4v) is 5.41. The number of aromatic nitrogens is 4. The maximum absolute atomic E-state index is 13.0. The molecule has 7 nitrogen and oxygen atoms in total. The third-order valence-electron chi connectivity index (χ3n) is 4.67. The molecule has 1 aromatic carbocycles. The predicted molar refractivity (Wildman–Crippen MR) is 119 cm³/mol. The molecule has 0 aliphatic carbocycles. The van der Waals surface area contributed by atoms with Crippen LogP contribution >= 0.6 is 23.1 Å². The van der Waals surface area contributed by atoms with Gasteiger partial charge in [-0.15, -0.1) is 11.3 Å². The molecule has 3 aromatic heterocycles. The maximum atomic E-state index is 13.0. The molecule has 0 fully saturated rings. The molecule has 3 heterocycles. The summed E-state index contributed by atoms with van der Waals surface area (Å²) in [4.78, 5) is 21.6. The van der Waals surface area contributed by atoms with Gasteiger partial charge in [-0.3, -0.25) is 9.48 Å². The lowest BCUT2D eigenvalue weighted by Crippen LogP contribution is -2.14. The number of aryl methyl sites for hydroxylation is 2. The van der Waals surface area contributed by atoms with Gasteiger partial charge in [-0.1, -0.05) is 11.8 Å². The van der Waals surface area contributed by atoms with E-state index in [9.17, 15) is 18.0 Å². The SMILES string of the molecule is COc1c(C(=O)Nc2ccc3nc(SCCC(F)(F)F)sc3c2)cnc2c1c(C)nn2C. The molecule has 0 bridgehead atoms. The van der Waals surface area contributed by atoms with Gasteiger partial charge < -0.3 is 10.1 Å². The number of anilines is 1. The van der Waals surface area contributed by atoms with Crippen molar-refractivity contribution in [1.29, 1.82) is 0 Å². The largest absolute Gasteiger partial charge is 0.495 e. The number of carbonyl (C=O) groups excluding carboxylic acids is 1. The van der Waals surface area contributed by atoms with Crippen molar-refractivity contribution in [3.8, 4) is 5.75 Å². The second kappa shape index (κ2) is 8.58. The Hall–Kier alpha value is -2.86. The summed E-state index contributed by atoms with van der Waals surface area (Å²) in [6.07, 6.45) is -3.61. The van der Waals surface area contributed by atoms with Crippen LogP contribution in [0.5, 0.6) is 5.75 Å². The van der Waals surface area contributed by atoms with Gasteiger partial charge in [0.05, 0.1) is 34.8 Å². The molecule has 0 saturated heterocycles. The minimum Gasteiger partial charge on any atom is -0.495 e. The van der Waals surface area contributed by atoms with Crippen molar-refractivity contribution in [3.63, 3.8) is 0 Å². The summed E-state index contributed by atoms with van der Waals surface area (Å²) in [7, 11) is 3.25. The minimum atomic E-state index is -4.19. The predicted octanol–water partition coefficient (Wildman–Crippen LogP) is 5.19. The monoisotopic (exact) mass is 481 g/mol. The maximum Gasteiger partial charge on any atom is 0.389 e. The van der Waals surface area contributed by atoms with E-state index in [4.69, 9.17) is 4.74 Å². The molecule has 1 N–H and O–H groups in total. The summed E-state index contributed by atoms with van der Waals surface area (Å²) in [6.45, 7) is 1.82. The molecule has 0 spiro atoms. The van der Waals surface area contributed by atoms with Gasteiger partial charge >= 0.3 is 6.18 Å². The first-order valence-corrected chi connectivity index (χ1v) is 11.2. The highest BCUT2D eigenvalue weighted by Crippen LogP contribution is 2.34. The van der Waals surface area contributed by atoms with Crippen LogP contribution in [0.15, 0.2) is 28.7 Å². The van der Waals surface area contributed by atoms with Crippen LogP contribution in [-0.2, 0) is 7.05 Å². The molecular formula is C20H18F3N5O2S2. The molecule has 32 heavy (non-hydrogen) atoms. The van der Waals surface area contributed by atoms with Crippen molar-refractivity contribution in [2.45, 2.75) is 23.9 Å². The van der Waals surface area contributed by atoms with E-state index >= 15 is 0 Å². The number of alkyl halides is 3. The first-order valence-electron chi connectivity index (χ1n) is 9.44. The van der Waals surface area contributed by atoms with Crippen LogP contribution in [0.25, 0.3) is 21.3 Å². The van der Waals surface area contributed by atoms with Crippen LogP contribution in [-0.4, -0.2) is 44.7 Å². The third kappa shape index (κ3) is 4.51. The van der Waals surface area contributed by atoms with Crippen LogP contribution in [0, 0.1) is 6.92 Å². The van der Waals surface area contributed by atoms with Crippen molar-refractivity contribution in [2.24, 2.45) is 7.05 Å². The summed E-state index contributed by atoms with van der Waals surface area (Å²) in [5.74, 6) is -0.0980. The lowest BCUT2D eigenvalue weighted by atomic mass is 10.1. The van der Waals surface area contributed by atoms with E-state index in [0.29, 0.717) is 38.0 Å². The van der Waals surface area contributed by atoms with E-state index < -0.39 is 18.5 Å². The van der Waals surface area contributed by atoms with Crippen LogP contribution < -0.4 is 10.1 Å². The molecule has 4 aromatic rings. The van der Waals surface area contributed by atoms with Gasteiger partial charge in [0.25, 0.3) is 5.91 Å². The number of carbonyl (C=O) groups is 1. The molecule has 1 amide bonds. The molecular weight excluding hydrogens is 463 g/mol. The number of pyridine rings is 1. The Labute approximate surface area is 189 Å². The first kappa shape index (κ1) is 22.3. The standard InChI is InChI=1S/C20H18F3N5O2S2/c1-10-15-16(30-3)12(9-24-17(15)28(2)27-10)18(29)25-11-4-5-13-14(8-11)32-19(26-13)31-7-6-20(21,22)23/h4-5,8-9H,6-7H2,1-3H3,(H,25,29). The van der Waals surface area contributed by atoms with Gasteiger partial charge in [0, 0.05) is 24.7 Å². The van der Waals surface area contributed by atoms with Crippen molar-refractivity contribution in [3.05, 3.63) is 35.7 Å². The Balaban J connectivity index is 1.55. The number of ether oxygens (including phenoxy) is 1. The van der Waals surface area contributed by atoms with E-state index in [0.717, 1.165) is 16.5 Å². The molecule has 0 saturated carbocycles. The third-order valence-corrected chi connectivity index (χ3v) is 6.83. The van der Waals surface area contributed by atoms with Crippen molar-refractivity contribution in [2.75, 3.05) is 18.2 Å². The highest BCUT2D eigenvalue weighted by atomic mass is 32.2. The van der Waals surface area contributed by atoms with Gasteiger partial charge in [-0.2, -0.15) is 18.3 Å². The number of thiazole rings is 1. The second-order valence-electron chi connectivity index (χ2n) is 6.94. The smallest absolute Gasteiger partial charge is 0.389 e. The van der Waals surface area contributed by atoms with Crippen molar-refractivity contribution >= 4 is 55.9 Å². The van der Waals surface area contributed by atoms with E-state index in [2.05, 4.69) is 20.4 Å². The number of methoxy groups -OCH3 is 1. The second-order valence-corrected chi connectivity index (χ2v) is 9.32. The van der Waals surface area contributed by atoms with Crippen LogP contribution in [0.2, 0.25) is 0 Å². The fraction of sp³-hybridized carbons (Fsp3) is 0.300. The number of nitrogens with one attached hydrogen (secondary N) is 1. The van der Waals surface area contributed by atoms with Gasteiger partial charge in [0.2, 0.25) is 0 Å². The number of fused-ring (bicyclic) bond motifs is 2. The first-order chi connectivity index (χ1) is 15.2. The van der Waals surface area contributed by atoms with Crippen molar-refractivity contribution < 1.29 is 22.7 Å². The molecule has 4 rings (SSSR count). The number of benzene rings is 1. The van der Waals surface area contributed by atoms with Crippen molar-refractivity contribution in [1.82, 2.24) is 19.7 Å². The Kier molecular flexibility index (Phi) is 5.99. The summed E-state index contributed by atoms with van der Waals surface area (Å²) in [6, 6.07) is 5.16. The number of nitrogens with zero attached hydrogens (tertiary/aromatic N) is 4. The average molecular weight is 482 g/mol. The minimum absolute atomic E-state index is 0.0874. The van der Waals surface area contributed by atoms with E-state index in [1.54, 1.807) is 29.9 Å². The van der Waals surface area contributed by atoms with Gasteiger partial charge in [-0.25, -0.2) is 9.97 Å². The zero-order chi connectivity index (χ0) is 23.0. The summed E-state index contributed by atoms with van der Waals surface area (Å²) >= 11 is 2.35. The van der Waals surface area contributed by atoms with Crippen LogP contribution in [0.4, 0.5) is 18.9 Å². The van der Waals surface area contributed by atoms with E-state index in [1.807, 2.05) is 6.92 Å². The lowest BCUT2D eigenvalue weighted by molar-refractivity contribution is -0.129. The Bertz CT molecular complexity index is 1320. The van der Waals surface area contributed by atoms with Gasteiger partial charge in [0.1, 0.15) is 11.3 Å². The molecule has 12 heteroatoms. The quantitative estimate of drug-likeness (QED) is 0.382. The molecule has 0 atom stereocenters. The Morgan fingerprint density at radius 1 is 1.34 bits per heavy atom. The highest BCUT2D eigenvalue weighted by Gasteiger charge is 2.26. The number of hydrogen-bond acceptors (Lipinski definition) is 7. The summed E-state index contributed by atoms with van der Waals surface area (Å²) in [5.41, 5.74) is 2.77. The zero-order valence-corrected chi connectivity index (χ0v) is 18.9. The average Bonchev–Trinajstić information content (AvgIpc) is 3.25. The molecule has 168 valence electrons. The number of thioether (sulfide) groups is 1. The summed E-state index contributed by atoms with van der Waals surface area (Å²) < 4.78 is 45.5. The molecule has 0 aliphatic heterocycles. The normalized spacial score (nSPS) is 11.9. The summed E-state index contributed by atoms with van der Waals surface area (Å²) in [5, 5.41) is 7.82. The number of amides is 1. The van der Waals surface area contributed by atoms with E-state index in [1.165, 1.54) is 24.6 Å². The van der Waals surface area contributed by atoms with Crippen LogP contribution in [0.3, 0.4) is 0 Å². The lowest BCUT2D eigenvalue weighted by Gasteiger charge is -2.10. The van der Waals surface area contributed by atoms with Crippen LogP contribution in [0.1, 0.15) is 22.5 Å². The molecule has 0 unspecified atom stereocenters. The highest BCUT2D eigenvalue weighted by molar-refractivity contribution is 8.01. The number of halogens is 3.